The van der Waals surface area contributed by atoms with Gasteiger partial charge in [-0.1, -0.05) is 6.07 Å². The molecule has 0 bridgehead atoms. The van der Waals surface area contributed by atoms with Gasteiger partial charge >= 0.3 is 0 Å². The Morgan fingerprint density at radius 3 is 3.19 bits per heavy atom. The second-order valence-corrected chi connectivity index (χ2v) is 4.35. The molecule has 0 saturated carbocycles. The molecule has 0 amide bonds. The van der Waals surface area contributed by atoms with Crippen LogP contribution in [0.5, 0.6) is 0 Å². The van der Waals surface area contributed by atoms with E-state index in [1.54, 1.807) is 0 Å². The van der Waals surface area contributed by atoms with Crippen LogP contribution in [0.15, 0.2) is 29.0 Å². The standard InChI is InChI=1S/C12H14N2O2/c15-12(4-1-5-13-7-12)9-2-3-10-11(6-9)16-8-14-10/h2-3,6,8,13,15H,1,4-5,7H2. The number of piperidine rings is 1. The van der Waals surface area contributed by atoms with Crippen LogP contribution in [0.1, 0.15) is 18.4 Å². The molecule has 4 heteroatoms. The van der Waals surface area contributed by atoms with E-state index in [1.807, 2.05) is 18.2 Å². The number of rotatable bonds is 1. The lowest BCUT2D eigenvalue weighted by atomic mass is 9.86. The lowest BCUT2D eigenvalue weighted by molar-refractivity contribution is 0.0124. The molecule has 1 unspecified atom stereocenters. The van der Waals surface area contributed by atoms with E-state index < -0.39 is 5.60 Å². The molecule has 0 spiro atoms. The molecule has 1 saturated heterocycles. The lowest BCUT2D eigenvalue weighted by Gasteiger charge is -2.33. The minimum absolute atomic E-state index is 0.604. The smallest absolute Gasteiger partial charge is 0.181 e. The maximum absolute atomic E-state index is 10.5. The first-order chi connectivity index (χ1) is 7.78. The van der Waals surface area contributed by atoms with E-state index >= 15 is 0 Å². The van der Waals surface area contributed by atoms with E-state index in [0.717, 1.165) is 36.0 Å². The Morgan fingerprint density at radius 2 is 2.38 bits per heavy atom. The second kappa shape index (κ2) is 3.57. The van der Waals surface area contributed by atoms with Gasteiger partial charge in [0.25, 0.3) is 0 Å². The van der Waals surface area contributed by atoms with Gasteiger partial charge in [0.15, 0.2) is 12.0 Å². The van der Waals surface area contributed by atoms with Gasteiger partial charge in [-0.05, 0) is 37.1 Å². The Labute approximate surface area is 93.3 Å². The molecule has 1 aliphatic rings. The summed E-state index contributed by atoms with van der Waals surface area (Å²) in [5.41, 5.74) is 1.70. The molecule has 2 N–H and O–H groups in total. The third-order valence-corrected chi connectivity index (χ3v) is 3.23. The van der Waals surface area contributed by atoms with E-state index in [9.17, 15) is 5.11 Å². The topological polar surface area (TPSA) is 58.3 Å². The predicted molar refractivity (Wildman–Crippen MR) is 60.0 cm³/mol. The number of β-amino-alcohol motifs (C(OH)–C–C–N with tert-alkyl or cyclic N) is 1. The van der Waals surface area contributed by atoms with Crippen molar-refractivity contribution in [2.45, 2.75) is 18.4 Å². The van der Waals surface area contributed by atoms with Gasteiger partial charge in [0.2, 0.25) is 0 Å². The van der Waals surface area contributed by atoms with E-state index in [-0.39, 0.29) is 0 Å². The highest BCUT2D eigenvalue weighted by molar-refractivity contribution is 5.73. The third-order valence-electron chi connectivity index (χ3n) is 3.23. The van der Waals surface area contributed by atoms with E-state index in [4.69, 9.17) is 4.42 Å². The van der Waals surface area contributed by atoms with Crippen molar-refractivity contribution in [1.82, 2.24) is 10.3 Å². The van der Waals surface area contributed by atoms with E-state index in [0.29, 0.717) is 6.54 Å². The zero-order valence-electron chi connectivity index (χ0n) is 8.94. The van der Waals surface area contributed by atoms with Gasteiger partial charge in [0.05, 0.1) is 0 Å². The number of nitrogens with one attached hydrogen (secondary N) is 1. The van der Waals surface area contributed by atoms with Crippen LogP contribution in [0.25, 0.3) is 11.1 Å². The summed E-state index contributed by atoms with van der Waals surface area (Å²) >= 11 is 0. The monoisotopic (exact) mass is 218 g/mol. The van der Waals surface area contributed by atoms with Crippen LogP contribution in [-0.4, -0.2) is 23.2 Å². The van der Waals surface area contributed by atoms with Gasteiger partial charge in [0, 0.05) is 6.54 Å². The molecule has 2 heterocycles. The first-order valence-corrected chi connectivity index (χ1v) is 5.55. The summed E-state index contributed by atoms with van der Waals surface area (Å²) in [5, 5.41) is 13.7. The number of hydrogen-bond acceptors (Lipinski definition) is 4. The van der Waals surface area contributed by atoms with Crippen LogP contribution in [0.3, 0.4) is 0 Å². The SMILES string of the molecule is OC1(c2ccc3ncoc3c2)CCCNC1. The number of nitrogens with zero attached hydrogens (tertiary/aromatic N) is 1. The molecule has 1 aromatic heterocycles. The van der Waals surface area contributed by atoms with Gasteiger partial charge in [0.1, 0.15) is 11.1 Å². The van der Waals surface area contributed by atoms with Crippen molar-refractivity contribution in [2.75, 3.05) is 13.1 Å². The average Bonchev–Trinajstić information content (AvgIpc) is 2.77. The van der Waals surface area contributed by atoms with Crippen molar-refractivity contribution < 1.29 is 9.52 Å². The normalized spacial score (nSPS) is 26.1. The molecule has 3 rings (SSSR count). The average molecular weight is 218 g/mol. The molecule has 0 aliphatic carbocycles. The molecule has 84 valence electrons. The van der Waals surface area contributed by atoms with Gasteiger partial charge in [-0.25, -0.2) is 4.98 Å². The highest BCUT2D eigenvalue weighted by Crippen LogP contribution is 2.30. The molecular formula is C12H14N2O2. The van der Waals surface area contributed by atoms with Crippen LogP contribution < -0.4 is 5.32 Å². The Hall–Kier alpha value is -1.39. The highest BCUT2D eigenvalue weighted by atomic mass is 16.3. The molecule has 2 aromatic rings. The van der Waals surface area contributed by atoms with Gasteiger partial charge in [-0.2, -0.15) is 0 Å². The van der Waals surface area contributed by atoms with Crippen molar-refractivity contribution in [2.24, 2.45) is 0 Å². The quantitative estimate of drug-likeness (QED) is 0.759. The second-order valence-electron chi connectivity index (χ2n) is 4.35. The van der Waals surface area contributed by atoms with Crippen LogP contribution in [0.2, 0.25) is 0 Å². The summed E-state index contributed by atoms with van der Waals surface area (Å²) in [5.74, 6) is 0. The Bertz CT molecular complexity index is 500. The fraction of sp³-hybridized carbons (Fsp3) is 0.417. The molecule has 4 nitrogen and oxygen atoms in total. The zero-order valence-corrected chi connectivity index (χ0v) is 8.94. The third kappa shape index (κ3) is 1.50. The van der Waals surface area contributed by atoms with E-state index in [2.05, 4.69) is 10.3 Å². The van der Waals surface area contributed by atoms with Crippen molar-refractivity contribution in [3.05, 3.63) is 30.2 Å². The highest BCUT2D eigenvalue weighted by Gasteiger charge is 2.31. The Kier molecular flexibility index (Phi) is 2.19. The summed E-state index contributed by atoms with van der Waals surface area (Å²) in [6.07, 6.45) is 3.21. The molecule has 1 atom stereocenters. The number of benzene rings is 1. The van der Waals surface area contributed by atoms with Crippen LogP contribution in [0.4, 0.5) is 0 Å². The van der Waals surface area contributed by atoms with E-state index in [1.165, 1.54) is 6.39 Å². The fourth-order valence-electron chi connectivity index (χ4n) is 2.28. The minimum atomic E-state index is -0.765. The van der Waals surface area contributed by atoms with Crippen LogP contribution >= 0.6 is 0 Å². The maximum atomic E-state index is 10.5. The van der Waals surface area contributed by atoms with Gasteiger partial charge < -0.3 is 14.8 Å². The van der Waals surface area contributed by atoms with Crippen molar-refractivity contribution in [3.8, 4) is 0 Å². The largest absolute Gasteiger partial charge is 0.443 e. The molecular weight excluding hydrogens is 204 g/mol. The Morgan fingerprint density at radius 1 is 1.44 bits per heavy atom. The fourth-order valence-corrected chi connectivity index (χ4v) is 2.28. The maximum Gasteiger partial charge on any atom is 0.181 e. The minimum Gasteiger partial charge on any atom is -0.443 e. The molecule has 0 radical (unpaired) electrons. The molecule has 1 aromatic carbocycles. The first-order valence-electron chi connectivity index (χ1n) is 5.55. The van der Waals surface area contributed by atoms with Crippen LogP contribution in [0, 0.1) is 0 Å². The number of aromatic nitrogens is 1. The number of fused-ring (bicyclic) bond motifs is 1. The zero-order chi connectivity index (χ0) is 11.0. The summed E-state index contributed by atoms with van der Waals surface area (Å²) < 4.78 is 5.25. The van der Waals surface area contributed by atoms with Gasteiger partial charge in [-0.15, -0.1) is 0 Å². The number of hydrogen-bond donors (Lipinski definition) is 2. The van der Waals surface area contributed by atoms with Gasteiger partial charge in [-0.3, -0.25) is 0 Å². The molecule has 16 heavy (non-hydrogen) atoms. The molecule has 1 aliphatic heterocycles. The predicted octanol–water partition coefficient (Wildman–Crippen LogP) is 1.40. The van der Waals surface area contributed by atoms with Crippen molar-refractivity contribution in [3.63, 3.8) is 0 Å². The summed E-state index contributed by atoms with van der Waals surface area (Å²) in [7, 11) is 0. The first kappa shape index (κ1) is 9.81. The van der Waals surface area contributed by atoms with Crippen LogP contribution in [-0.2, 0) is 5.60 Å². The number of oxazole rings is 1. The number of aliphatic hydroxyl groups is 1. The molecule has 1 fully saturated rings. The summed E-state index contributed by atoms with van der Waals surface area (Å²) in [6, 6.07) is 5.70. The lowest BCUT2D eigenvalue weighted by Crippen LogP contribution is -2.43. The van der Waals surface area contributed by atoms with Crippen molar-refractivity contribution >= 4 is 11.1 Å². The van der Waals surface area contributed by atoms with Crippen molar-refractivity contribution in [1.29, 1.82) is 0 Å². The summed E-state index contributed by atoms with van der Waals surface area (Å²) in [6.45, 7) is 1.58. The Balaban J connectivity index is 2.03. The summed E-state index contributed by atoms with van der Waals surface area (Å²) in [4.78, 5) is 4.06.